The molecule has 0 saturated carbocycles. The Hall–Kier alpha value is -1.02. The van der Waals surface area contributed by atoms with E-state index in [1.807, 2.05) is 0 Å². The van der Waals surface area contributed by atoms with Crippen molar-refractivity contribution in [1.82, 2.24) is 0 Å². The van der Waals surface area contributed by atoms with E-state index in [-0.39, 0.29) is 5.41 Å². The van der Waals surface area contributed by atoms with Crippen LogP contribution in [0.2, 0.25) is 0 Å². The highest BCUT2D eigenvalue weighted by molar-refractivity contribution is 5.45. The summed E-state index contributed by atoms with van der Waals surface area (Å²) in [4.78, 5) is 0. The third kappa shape index (κ3) is 4.39. The SMILES string of the molecule is CCC(CN)CNc1ccc(C(C)(C)C)cc1. The average Bonchev–Trinajstić information content (AvgIpc) is 2.30. The molecule has 3 N–H and O–H groups in total. The first-order chi connectivity index (χ1) is 7.97. The van der Waals surface area contributed by atoms with Crippen molar-refractivity contribution in [2.24, 2.45) is 11.7 Å². The summed E-state index contributed by atoms with van der Waals surface area (Å²) in [6, 6.07) is 8.71. The minimum Gasteiger partial charge on any atom is -0.385 e. The molecule has 0 aliphatic carbocycles. The maximum absolute atomic E-state index is 5.69. The molecule has 96 valence electrons. The first kappa shape index (κ1) is 14.0. The van der Waals surface area contributed by atoms with E-state index >= 15 is 0 Å². The molecule has 0 aliphatic rings. The topological polar surface area (TPSA) is 38.0 Å². The van der Waals surface area contributed by atoms with Crippen LogP contribution < -0.4 is 11.1 Å². The van der Waals surface area contributed by atoms with Crippen LogP contribution >= 0.6 is 0 Å². The fourth-order valence-corrected chi connectivity index (χ4v) is 1.74. The molecule has 0 aliphatic heterocycles. The second kappa shape index (κ2) is 6.06. The molecule has 2 heteroatoms. The van der Waals surface area contributed by atoms with Crippen molar-refractivity contribution >= 4 is 5.69 Å². The number of benzene rings is 1. The maximum Gasteiger partial charge on any atom is 0.0340 e. The van der Waals surface area contributed by atoms with Gasteiger partial charge in [-0.25, -0.2) is 0 Å². The molecular formula is C15H26N2. The van der Waals surface area contributed by atoms with Gasteiger partial charge in [-0.15, -0.1) is 0 Å². The van der Waals surface area contributed by atoms with Gasteiger partial charge in [0, 0.05) is 12.2 Å². The third-order valence-electron chi connectivity index (χ3n) is 3.26. The molecule has 1 unspecified atom stereocenters. The van der Waals surface area contributed by atoms with Crippen molar-refractivity contribution < 1.29 is 0 Å². The molecular weight excluding hydrogens is 208 g/mol. The molecule has 0 bridgehead atoms. The van der Waals surface area contributed by atoms with Gasteiger partial charge in [0.25, 0.3) is 0 Å². The monoisotopic (exact) mass is 234 g/mol. The van der Waals surface area contributed by atoms with E-state index in [0.29, 0.717) is 5.92 Å². The number of anilines is 1. The molecule has 0 saturated heterocycles. The van der Waals surface area contributed by atoms with E-state index < -0.39 is 0 Å². The molecule has 1 rings (SSSR count). The lowest BCUT2D eigenvalue weighted by molar-refractivity contribution is 0.548. The van der Waals surface area contributed by atoms with Crippen LogP contribution in [0.3, 0.4) is 0 Å². The lowest BCUT2D eigenvalue weighted by Gasteiger charge is -2.20. The van der Waals surface area contributed by atoms with Crippen LogP contribution in [0.1, 0.15) is 39.7 Å². The summed E-state index contributed by atoms with van der Waals surface area (Å²) in [5, 5.41) is 3.45. The van der Waals surface area contributed by atoms with Crippen molar-refractivity contribution in [3.05, 3.63) is 29.8 Å². The lowest BCUT2D eigenvalue weighted by Crippen LogP contribution is -2.22. The number of rotatable bonds is 5. The quantitative estimate of drug-likeness (QED) is 0.819. The molecule has 17 heavy (non-hydrogen) atoms. The molecule has 2 nitrogen and oxygen atoms in total. The Morgan fingerprint density at radius 1 is 1.18 bits per heavy atom. The van der Waals surface area contributed by atoms with E-state index in [1.54, 1.807) is 0 Å². The first-order valence-electron chi connectivity index (χ1n) is 6.52. The molecule has 0 radical (unpaired) electrons. The van der Waals surface area contributed by atoms with Crippen LogP contribution in [0.5, 0.6) is 0 Å². The largest absolute Gasteiger partial charge is 0.385 e. The summed E-state index contributed by atoms with van der Waals surface area (Å²) >= 11 is 0. The Morgan fingerprint density at radius 3 is 2.18 bits per heavy atom. The molecule has 0 heterocycles. The molecule has 1 aromatic carbocycles. The summed E-state index contributed by atoms with van der Waals surface area (Å²) in [5.41, 5.74) is 8.47. The van der Waals surface area contributed by atoms with Crippen LogP contribution in [0.15, 0.2) is 24.3 Å². The van der Waals surface area contributed by atoms with Crippen LogP contribution in [0, 0.1) is 5.92 Å². The summed E-state index contributed by atoms with van der Waals surface area (Å²) in [6.45, 7) is 10.6. The van der Waals surface area contributed by atoms with Gasteiger partial charge in [0.05, 0.1) is 0 Å². The van der Waals surface area contributed by atoms with Crippen LogP contribution in [-0.4, -0.2) is 13.1 Å². The van der Waals surface area contributed by atoms with Gasteiger partial charge in [0.2, 0.25) is 0 Å². The maximum atomic E-state index is 5.69. The predicted octanol–water partition coefficient (Wildman–Crippen LogP) is 3.38. The van der Waals surface area contributed by atoms with Gasteiger partial charge in [-0.05, 0) is 35.6 Å². The van der Waals surface area contributed by atoms with Gasteiger partial charge >= 0.3 is 0 Å². The van der Waals surface area contributed by atoms with E-state index in [2.05, 4.69) is 57.3 Å². The minimum absolute atomic E-state index is 0.224. The Kier molecular flexibility index (Phi) is 5.01. The van der Waals surface area contributed by atoms with Crippen LogP contribution in [0.25, 0.3) is 0 Å². The predicted molar refractivity (Wildman–Crippen MR) is 76.5 cm³/mol. The summed E-state index contributed by atoms with van der Waals surface area (Å²) < 4.78 is 0. The highest BCUT2D eigenvalue weighted by Crippen LogP contribution is 2.23. The normalized spacial score (nSPS) is 13.5. The molecule has 0 fully saturated rings. The van der Waals surface area contributed by atoms with Gasteiger partial charge < -0.3 is 11.1 Å². The van der Waals surface area contributed by atoms with Crippen molar-refractivity contribution in [1.29, 1.82) is 0 Å². The Bertz CT molecular complexity index is 318. The molecule has 0 aromatic heterocycles. The van der Waals surface area contributed by atoms with Gasteiger partial charge in [-0.1, -0.05) is 46.2 Å². The summed E-state index contributed by atoms with van der Waals surface area (Å²) in [5.74, 6) is 0.567. The number of hydrogen-bond acceptors (Lipinski definition) is 2. The van der Waals surface area contributed by atoms with Crippen molar-refractivity contribution in [2.75, 3.05) is 18.4 Å². The fraction of sp³-hybridized carbons (Fsp3) is 0.600. The average molecular weight is 234 g/mol. The minimum atomic E-state index is 0.224. The molecule has 1 aromatic rings. The highest BCUT2D eigenvalue weighted by atomic mass is 14.9. The Balaban J connectivity index is 2.57. The van der Waals surface area contributed by atoms with Crippen molar-refractivity contribution in [3.8, 4) is 0 Å². The zero-order valence-corrected chi connectivity index (χ0v) is 11.6. The highest BCUT2D eigenvalue weighted by Gasteiger charge is 2.12. The standard InChI is InChI=1S/C15H26N2/c1-5-12(10-16)11-17-14-8-6-13(7-9-14)15(2,3)4/h6-9,12,17H,5,10-11,16H2,1-4H3. The van der Waals surface area contributed by atoms with Crippen molar-refractivity contribution in [2.45, 2.75) is 39.5 Å². The van der Waals surface area contributed by atoms with Gasteiger partial charge in [0.15, 0.2) is 0 Å². The van der Waals surface area contributed by atoms with E-state index in [0.717, 1.165) is 19.5 Å². The van der Waals surface area contributed by atoms with E-state index in [4.69, 9.17) is 5.73 Å². The van der Waals surface area contributed by atoms with Crippen LogP contribution in [0.4, 0.5) is 5.69 Å². The lowest BCUT2D eigenvalue weighted by atomic mass is 9.87. The van der Waals surface area contributed by atoms with Gasteiger partial charge in [-0.2, -0.15) is 0 Å². The summed E-state index contributed by atoms with van der Waals surface area (Å²) in [6.07, 6.45) is 1.13. The Labute approximate surface area is 106 Å². The number of nitrogens with one attached hydrogen (secondary N) is 1. The molecule has 0 spiro atoms. The fourth-order valence-electron chi connectivity index (χ4n) is 1.74. The van der Waals surface area contributed by atoms with E-state index in [1.165, 1.54) is 11.3 Å². The smallest absolute Gasteiger partial charge is 0.0340 e. The number of nitrogens with two attached hydrogens (primary N) is 1. The Morgan fingerprint density at radius 2 is 1.76 bits per heavy atom. The molecule has 1 atom stereocenters. The number of hydrogen-bond donors (Lipinski definition) is 2. The second-order valence-electron chi connectivity index (χ2n) is 5.72. The van der Waals surface area contributed by atoms with Crippen molar-refractivity contribution in [3.63, 3.8) is 0 Å². The van der Waals surface area contributed by atoms with Gasteiger partial charge in [0.1, 0.15) is 0 Å². The first-order valence-corrected chi connectivity index (χ1v) is 6.52. The zero-order chi connectivity index (χ0) is 12.9. The van der Waals surface area contributed by atoms with Crippen LogP contribution in [-0.2, 0) is 5.41 Å². The second-order valence-corrected chi connectivity index (χ2v) is 5.72. The zero-order valence-electron chi connectivity index (χ0n) is 11.6. The third-order valence-corrected chi connectivity index (χ3v) is 3.26. The molecule has 0 amide bonds. The van der Waals surface area contributed by atoms with E-state index in [9.17, 15) is 0 Å². The van der Waals surface area contributed by atoms with Gasteiger partial charge in [-0.3, -0.25) is 0 Å². The summed E-state index contributed by atoms with van der Waals surface area (Å²) in [7, 11) is 0.